The smallest absolute Gasteiger partial charge is 0.319 e. The standard InChI is InChI=1S/C23H29ClN4O3/c1-14(2)28-9-8-27(13-18(28)29)12-16-10-15-11-17(24)20-19(21(15)31-16)23(26-22(30)25-20)6-4-3-5-7-23/h10-11,14H,3-9,12-13H2,1-2H3,(H2,25,26,30). The summed E-state index contributed by atoms with van der Waals surface area (Å²) in [4.78, 5) is 28.9. The van der Waals surface area contributed by atoms with Crippen LogP contribution in [0, 0.1) is 0 Å². The van der Waals surface area contributed by atoms with Crippen molar-refractivity contribution < 1.29 is 14.0 Å². The van der Waals surface area contributed by atoms with Gasteiger partial charge in [-0.2, -0.15) is 0 Å². The van der Waals surface area contributed by atoms with Crippen LogP contribution in [0.2, 0.25) is 5.02 Å². The largest absolute Gasteiger partial charge is 0.459 e. The third kappa shape index (κ3) is 3.57. The molecule has 2 N–H and O–H groups in total. The number of hydrogen-bond donors (Lipinski definition) is 2. The molecule has 3 amide bonds. The number of nitrogens with one attached hydrogen (secondary N) is 2. The molecule has 7 nitrogen and oxygen atoms in total. The van der Waals surface area contributed by atoms with Crippen LogP contribution in [0.1, 0.15) is 57.3 Å². The first-order valence-corrected chi connectivity index (χ1v) is 11.6. The van der Waals surface area contributed by atoms with Crippen LogP contribution in [-0.2, 0) is 16.9 Å². The molecule has 1 saturated carbocycles. The summed E-state index contributed by atoms with van der Waals surface area (Å²) in [6.07, 6.45) is 5.05. The van der Waals surface area contributed by atoms with Gasteiger partial charge in [-0.3, -0.25) is 9.69 Å². The van der Waals surface area contributed by atoms with Crippen LogP contribution in [0.5, 0.6) is 0 Å². The first-order valence-electron chi connectivity index (χ1n) is 11.2. The lowest BCUT2D eigenvalue weighted by Crippen LogP contribution is -2.52. The maximum absolute atomic E-state index is 12.5. The number of furan rings is 1. The molecule has 8 heteroatoms. The second-order valence-corrected chi connectivity index (χ2v) is 9.76. The Morgan fingerprint density at radius 3 is 2.65 bits per heavy atom. The molecule has 0 radical (unpaired) electrons. The molecule has 0 unspecified atom stereocenters. The van der Waals surface area contributed by atoms with Gasteiger partial charge in [-0.15, -0.1) is 0 Å². The second-order valence-electron chi connectivity index (χ2n) is 9.35. The number of hydrogen-bond acceptors (Lipinski definition) is 4. The fourth-order valence-electron chi connectivity index (χ4n) is 5.45. The van der Waals surface area contributed by atoms with Crippen LogP contribution >= 0.6 is 11.6 Å². The van der Waals surface area contributed by atoms with Crippen molar-refractivity contribution in [1.29, 1.82) is 0 Å². The summed E-state index contributed by atoms with van der Waals surface area (Å²) in [5.41, 5.74) is 1.99. The number of amides is 3. The van der Waals surface area contributed by atoms with E-state index in [2.05, 4.69) is 15.5 Å². The third-order valence-electron chi connectivity index (χ3n) is 6.93. The molecular formula is C23H29ClN4O3. The lowest BCUT2D eigenvalue weighted by molar-refractivity contribution is -0.138. The minimum atomic E-state index is -0.437. The van der Waals surface area contributed by atoms with E-state index in [0.29, 0.717) is 23.8 Å². The molecule has 31 heavy (non-hydrogen) atoms. The van der Waals surface area contributed by atoms with Crippen molar-refractivity contribution in [2.24, 2.45) is 0 Å². The van der Waals surface area contributed by atoms with Gasteiger partial charge in [-0.1, -0.05) is 30.9 Å². The SMILES string of the molecule is CC(C)N1CCN(Cc2cc3cc(Cl)c4c(c3o2)C2(CCCCC2)NC(=O)N4)CC1=O. The number of fused-ring (bicyclic) bond motifs is 4. The Bertz CT molecular complexity index is 1040. The van der Waals surface area contributed by atoms with Gasteiger partial charge in [0.05, 0.1) is 29.3 Å². The van der Waals surface area contributed by atoms with Crippen molar-refractivity contribution in [2.75, 3.05) is 25.0 Å². The Morgan fingerprint density at radius 1 is 1.16 bits per heavy atom. The number of nitrogens with zero attached hydrogens (tertiary/aromatic N) is 2. The van der Waals surface area contributed by atoms with Gasteiger partial charge in [0.25, 0.3) is 0 Å². The maximum Gasteiger partial charge on any atom is 0.319 e. The molecule has 1 aromatic carbocycles. The average Bonchev–Trinajstić information content (AvgIpc) is 3.10. The van der Waals surface area contributed by atoms with Gasteiger partial charge in [0.1, 0.15) is 11.3 Å². The fraction of sp³-hybridized carbons (Fsp3) is 0.565. The predicted molar refractivity (Wildman–Crippen MR) is 120 cm³/mol. The highest BCUT2D eigenvalue weighted by Gasteiger charge is 2.43. The van der Waals surface area contributed by atoms with Gasteiger partial charge in [0, 0.05) is 30.1 Å². The molecule has 2 fully saturated rings. The number of carbonyl (C=O) groups excluding carboxylic acids is 2. The minimum Gasteiger partial charge on any atom is -0.459 e. The number of urea groups is 1. The number of rotatable bonds is 3. The van der Waals surface area contributed by atoms with Crippen molar-refractivity contribution in [2.45, 2.75) is 64.1 Å². The summed E-state index contributed by atoms with van der Waals surface area (Å²) in [5.74, 6) is 0.971. The van der Waals surface area contributed by atoms with Crippen LogP contribution in [-0.4, -0.2) is 47.4 Å². The van der Waals surface area contributed by atoms with Gasteiger partial charge < -0.3 is 20.0 Å². The quantitative estimate of drug-likeness (QED) is 0.733. The van der Waals surface area contributed by atoms with E-state index in [1.165, 1.54) is 6.42 Å². The normalized spacial score (nSPS) is 21.5. The van der Waals surface area contributed by atoms with Crippen molar-refractivity contribution in [3.63, 3.8) is 0 Å². The van der Waals surface area contributed by atoms with Gasteiger partial charge >= 0.3 is 6.03 Å². The molecule has 0 atom stereocenters. The fourth-order valence-corrected chi connectivity index (χ4v) is 5.71. The Hall–Kier alpha value is -2.25. The van der Waals surface area contributed by atoms with Crippen LogP contribution < -0.4 is 10.6 Å². The van der Waals surface area contributed by atoms with E-state index < -0.39 is 5.54 Å². The minimum absolute atomic E-state index is 0.158. The molecular weight excluding hydrogens is 416 g/mol. The van der Waals surface area contributed by atoms with Crippen molar-refractivity contribution in [3.05, 3.63) is 28.5 Å². The van der Waals surface area contributed by atoms with Crippen molar-refractivity contribution >= 4 is 40.2 Å². The Labute approximate surface area is 187 Å². The Kier molecular flexibility index (Phi) is 5.13. The van der Waals surface area contributed by atoms with E-state index >= 15 is 0 Å². The summed E-state index contributed by atoms with van der Waals surface area (Å²) in [6.45, 7) is 6.63. The van der Waals surface area contributed by atoms with Gasteiger partial charge in [-0.05, 0) is 38.8 Å². The number of anilines is 1. The summed E-state index contributed by atoms with van der Waals surface area (Å²) in [7, 11) is 0. The van der Waals surface area contributed by atoms with Crippen molar-refractivity contribution in [3.8, 4) is 0 Å². The zero-order chi connectivity index (χ0) is 21.8. The molecule has 1 saturated heterocycles. The first kappa shape index (κ1) is 20.6. The maximum atomic E-state index is 12.5. The van der Waals surface area contributed by atoms with Crippen molar-refractivity contribution in [1.82, 2.24) is 15.1 Å². The summed E-state index contributed by atoms with van der Waals surface area (Å²) >= 11 is 6.61. The van der Waals surface area contributed by atoms with Crippen LogP contribution in [0.3, 0.4) is 0 Å². The predicted octanol–water partition coefficient (Wildman–Crippen LogP) is 4.43. The van der Waals surface area contributed by atoms with Gasteiger partial charge in [0.15, 0.2) is 0 Å². The van der Waals surface area contributed by atoms with E-state index in [0.717, 1.165) is 61.1 Å². The lowest BCUT2D eigenvalue weighted by atomic mass is 9.74. The monoisotopic (exact) mass is 444 g/mol. The number of halogens is 1. The molecule has 1 aliphatic carbocycles. The lowest BCUT2D eigenvalue weighted by Gasteiger charge is -2.42. The second kappa shape index (κ2) is 7.71. The highest BCUT2D eigenvalue weighted by molar-refractivity contribution is 6.35. The molecule has 2 aliphatic heterocycles. The van der Waals surface area contributed by atoms with Crippen LogP contribution in [0.25, 0.3) is 11.0 Å². The van der Waals surface area contributed by atoms with E-state index in [-0.39, 0.29) is 18.0 Å². The molecule has 0 bridgehead atoms. The Balaban J connectivity index is 1.49. The number of benzene rings is 1. The summed E-state index contributed by atoms with van der Waals surface area (Å²) < 4.78 is 6.38. The van der Waals surface area contributed by atoms with Crippen LogP contribution in [0.4, 0.5) is 10.5 Å². The molecule has 5 rings (SSSR count). The Morgan fingerprint density at radius 2 is 1.94 bits per heavy atom. The van der Waals surface area contributed by atoms with Gasteiger partial charge in [0.2, 0.25) is 5.91 Å². The highest BCUT2D eigenvalue weighted by atomic mass is 35.5. The topological polar surface area (TPSA) is 77.8 Å². The molecule has 1 aromatic heterocycles. The van der Waals surface area contributed by atoms with Gasteiger partial charge in [-0.25, -0.2) is 4.79 Å². The first-order chi connectivity index (χ1) is 14.9. The van der Waals surface area contributed by atoms with E-state index in [1.54, 1.807) is 0 Å². The molecule has 3 aliphatic rings. The van der Waals surface area contributed by atoms with E-state index in [4.69, 9.17) is 16.0 Å². The molecule has 1 spiro atoms. The van der Waals surface area contributed by atoms with E-state index in [1.807, 2.05) is 30.9 Å². The molecule has 3 heterocycles. The number of piperazine rings is 1. The molecule has 2 aromatic rings. The van der Waals surface area contributed by atoms with E-state index in [9.17, 15) is 9.59 Å². The molecule has 166 valence electrons. The zero-order valence-corrected chi connectivity index (χ0v) is 18.8. The summed E-state index contributed by atoms with van der Waals surface area (Å²) in [5, 5.41) is 7.57. The van der Waals surface area contributed by atoms with Crippen LogP contribution in [0.15, 0.2) is 16.5 Å². The average molecular weight is 445 g/mol. The third-order valence-corrected chi connectivity index (χ3v) is 7.22. The zero-order valence-electron chi connectivity index (χ0n) is 18.1. The number of carbonyl (C=O) groups is 2. The summed E-state index contributed by atoms with van der Waals surface area (Å²) in [6, 6.07) is 3.91. The highest BCUT2D eigenvalue weighted by Crippen LogP contribution is 2.49.